The number of hydrogen-bond acceptors (Lipinski definition) is 17. The van der Waals surface area contributed by atoms with E-state index in [1.807, 2.05) is 48.5 Å². The summed E-state index contributed by atoms with van der Waals surface area (Å²) in [6.07, 6.45) is -6.34. The Balaban J connectivity index is 0.000000510. The second-order valence-corrected chi connectivity index (χ2v) is 15.4. The summed E-state index contributed by atoms with van der Waals surface area (Å²) in [6, 6.07) is 30.4. The van der Waals surface area contributed by atoms with Gasteiger partial charge in [-0.2, -0.15) is 4.89 Å². The van der Waals surface area contributed by atoms with Gasteiger partial charge in [-0.05, 0) is 51.9 Å². The monoisotopic (exact) mass is 914 g/mol. The Labute approximate surface area is 363 Å². The molecule has 0 spiro atoms. The van der Waals surface area contributed by atoms with Gasteiger partial charge in [0, 0.05) is 16.9 Å². The first-order valence-corrected chi connectivity index (χ1v) is 21.6. The standard InChI is InChI=1S/C27H36O4.C8H16O7.C7H7O2P.HO3P.O2/c1-19(15-16-23-11-7-5-8-12-23)26-20(2)21(3)27(25(31-26)18-29-22(4)28)30-17-24-13-9-6-10-14-24;9-1-3(11)8-7(14)6(13)5(12)4(2-10)15-8;8-10-9-6-7-4-2-1-3-5-7;1-4(2)3;1-2/h5-14,19-21,25-27H,15-18H2,1-4H3;3-14H,1-2H2;1-5H,6H2;(H,1,2,3);/t19-,20+,21+,25+,26?,27?;3-,4+,5?,6-,7+,8?;;;/m11.../s1. The van der Waals surface area contributed by atoms with Gasteiger partial charge >= 0.3 is 22.9 Å². The van der Waals surface area contributed by atoms with Crippen LogP contribution in [0.2, 0.25) is 0 Å². The van der Waals surface area contributed by atoms with Gasteiger partial charge in [0.25, 0.3) is 0 Å². The first kappa shape index (κ1) is 56.5. The molecule has 0 aromatic heterocycles. The van der Waals surface area contributed by atoms with Crippen molar-refractivity contribution in [3.8, 4) is 0 Å². The molecule has 2 aliphatic heterocycles. The molecule has 2 saturated heterocycles. The molecule has 2 heterocycles. The van der Waals surface area contributed by atoms with Crippen molar-refractivity contribution in [2.75, 3.05) is 19.8 Å². The third kappa shape index (κ3) is 20.8. The van der Waals surface area contributed by atoms with E-state index in [-0.39, 0.29) is 39.6 Å². The molecule has 2 aliphatic rings. The van der Waals surface area contributed by atoms with Crippen LogP contribution in [0.15, 0.2) is 91.0 Å². The van der Waals surface area contributed by atoms with E-state index in [0.717, 1.165) is 24.0 Å². The lowest BCUT2D eigenvalue weighted by Crippen LogP contribution is -2.61. The fourth-order valence-corrected chi connectivity index (χ4v) is 6.98. The maximum atomic E-state index is 11.5. The second kappa shape index (κ2) is 32.2. The third-order valence-corrected chi connectivity index (χ3v) is 10.4. The number of aliphatic hydroxyl groups excluding tert-OH is 6. The predicted octanol–water partition coefficient (Wildman–Crippen LogP) is 3.10. The van der Waals surface area contributed by atoms with Gasteiger partial charge in [0.15, 0.2) is 0 Å². The summed E-state index contributed by atoms with van der Waals surface area (Å²) in [5.74, 6) is 0.750. The zero-order valence-corrected chi connectivity index (χ0v) is 36.8. The molecule has 346 valence electrons. The molecule has 0 radical (unpaired) electrons. The largest absolute Gasteiger partial charge is 0.567 e. The smallest absolute Gasteiger partial charge is 0.485 e. The molecule has 0 saturated carbocycles. The Morgan fingerprint density at radius 3 is 1.74 bits per heavy atom. The molecule has 3 aromatic carbocycles. The van der Waals surface area contributed by atoms with Crippen LogP contribution in [0.25, 0.3) is 0 Å². The van der Waals surface area contributed by atoms with E-state index in [9.17, 15) is 29.8 Å². The van der Waals surface area contributed by atoms with Crippen LogP contribution in [-0.4, -0.2) is 116 Å². The van der Waals surface area contributed by atoms with Gasteiger partial charge in [-0.3, -0.25) is 9.32 Å². The minimum absolute atomic E-state index is 0.107. The molecule has 20 heteroatoms. The van der Waals surface area contributed by atoms with Crippen LogP contribution in [0.3, 0.4) is 0 Å². The highest BCUT2D eigenvalue weighted by molar-refractivity contribution is 7.29. The van der Waals surface area contributed by atoms with Crippen molar-refractivity contribution in [1.29, 1.82) is 0 Å². The summed E-state index contributed by atoms with van der Waals surface area (Å²) in [6.45, 7) is 8.16. The highest BCUT2D eigenvalue weighted by atomic mass is 31.1. The van der Waals surface area contributed by atoms with Gasteiger partial charge < -0.3 is 54.5 Å². The molecule has 5 unspecified atom stereocenters. The number of carbonyl (C=O) groups excluding carboxylic acids is 1. The van der Waals surface area contributed by atoms with Gasteiger partial charge in [0.1, 0.15) is 49.3 Å². The number of hydrogen-bond donors (Lipinski definition) is 7. The van der Waals surface area contributed by atoms with Crippen LogP contribution in [-0.2, 0) is 57.0 Å². The topological polar surface area (TPSA) is 296 Å². The average molecular weight is 915 g/mol. The van der Waals surface area contributed by atoms with Crippen LogP contribution < -0.4 is 4.89 Å². The van der Waals surface area contributed by atoms with E-state index in [2.05, 4.69) is 67.8 Å². The van der Waals surface area contributed by atoms with E-state index < -0.39 is 58.1 Å². The first-order valence-electron chi connectivity index (χ1n) is 19.7. The normalized spacial score (nSPS) is 26.5. The maximum Gasteiger partial charge on any atom is 0.485 e. The van der Waals surface area contributed by atoms with Crippen molar-refractivity contribution in [3.63, 3.8) is 0 Å². The Morgan fingerprint density at radius 2 is 1.27 bits per heavy atom. The van der Waals surface area contributed by atoms with E-state index in [1.165, 1.54) is 12.5 Å². The summed E-state index contributed by atoms with van der Waals surface area (Å²) in [5.41, 5.74) is 3.52. The highest BCUT2D eigenvalue weighted by Crippen LogP contribution is 2.38. The lowest BCUT2D eigenvalue weighted by molar-refractivity contribution is -0.251. The van der Waals surface area contributed by atoms with Crippen LogP contribution in [0.5, 0.6) is 0 Å². The minimum Gasteiger partial charge on any atom is -0.567 e. The minimum atomic E-state index is -3.12. The highest BCUT2D eigenvalue weighted by Gasteiger charge is 2.46. The molecule has 7 N–H and O–H groups in total. The van der Waals surface area contributed by atoms with Crippen molar-refractivity contribution in [3.05, 3.63) is 118 Å². The Morgan fingerprint density at radius 1 is 0.790 bits per heavy atom. The van der Waals surface area contributed by atoms with Gasteiger partial charge in [0.2, 0.25) is 0 Å². The third-order valence-electron chi connectivity index (χ3n) is 10.2. The van der Waals surface area contributed by atoms with Gasteiger partial charge in [0.05, 0.1) is 38.6 Å². The van der Waals surface area contributed by atoms with Gasteiger partial charge in [-0.15, -0.1) is 0 Å². The molecule has 62 heavy (non-hydrogen) atoms. The molecule has 2 fully saturated rings. The maximum absolute atomic E-state index is 11.5. The number of ether oxygens (including phenoxy) is 4. The molecule has 0 amide bonds. The Kier molecular flexibility index (Phi) is 29.3. The SMILES string of the molecule is CC(=O)OC[C@@H]1OC([C@H](C)CCc2ccccc2)[C@@H](C)[C@H](C)C1OCc1ccccc1.O=O.O=POCc1ccccc1.O=[P+]([O-])O.OC[C@@H](O)C1O[C@@H](CO)C(O)[C@@H](O)[C@@H]1O. The van der Waals surface area contributed by atoms with E-state index in [1.54, 1.807) is 0 Å². The molecule has 5 rings (SSSR count). The fourth-order valence-electron chi connectivity index (χ4n) is 6.78. The molecule has 0 bridgehead atoms. The molecule has 0 aliphatic carbocycles. The lowest BCUT2D eigenvalue weighted by Gasteiger charge is -2.46. The molecule has 18 nitrogen and oxygen atoms in total. The molecular weight excluding hydrogens is 854 g/mol. The van der Waals surface area contributed by atoms with E-state index in [4.69, 9.17) is 53.4 Å². The van der Waals surface area contributed by atoms with Crippen molar-refractivity contribution in [2.24, 2.45) is 17.8 Å². The zero-order chi connectivity index (χ0) is 46.6. The van der Waals surface area contributed by atoms with E-state index >= 15 is 0 Å². The summed E-state index contributed by atoms with van der Waals surface area (Å²) < 4.78 is 46.3. The molecular formula is C42H60O18P2. The molecule has 3 aromatic rings. The van der Waals surface area contributed by atoms with Crippen LogP contribution in [0.1, 0.15) is 50.8 Å². The summed E-state index contributed by atoms with van der Waals surface area (Å²) in [7, 11) is -3.38. The predicted molar refractivity (Wildman–Crippen MR) is 225 cm³/mol. The summed E-state index contributed by atoms with van der Waals surface area (Å²) in [5, 5.41) is 54.9. The lowest BCUT2D eigenvalue weighted by atomic mass is 9.76. The van der Waals surface area contributed by atoms with Gasteiger partial charge in [-0.1, -0.05) is 112 Å². The van der Waals surface area contributed by atoms with Crippen molar-refractivity contribution < 1.29 is 77.8 Å². The van der Waals surface area contributed by atoms with Crippen molar-refractivity contribution in [1.82, 2.24) is 0 Å². The van der Waals surface area contributed by atoms with Crippen molar-refractivity contribution >= 4 is 22.9 Å². The van der Waals surface area contributed by atoms with Gasteiger partial charge in [-0.25, -0.2) is 4.57 Å². The van der Waals surface area contributed by atoms with Crippen molar-refractivity contribution in [2.45, 2.75) is 109 Å². The summed E-state index contributed by atoms with van der Waals surface area (Å²) in [4.78, 5) is 41.1. The number of aryl methyl sites for hydroxylation is 1. The number of aliphatic hydroxyl groups is 6. The Hall–Kier alpha value is -3.55. The van der Waals surface area contributed by atoms with Crippen LogP contribution in [0.4, 0.5) is 0 Å². The quantitative estimate of drug-likeness (QED) is 0.0851. The molecule has 13 atom stereocenters. The Bertz CT molecular complexity index is 1630. The van der Waals surface area contributed by atoms with Crippen LogP contribution in [0, 0.1) is 27.7 Å². The zero-order valence-electron chi connectivity index (χ0n) is 35.1. The second-order valence-electron chi connectivity index (χ2n) is 14.5. The van der Waals surface area contributed by atoms with Crippen LogP contribution >= 0.6 is 16.9 Å². The summed E-state index contributed by atoms with van der Waals surface area (Å²) >= 11 is 0. The number of rotatable bonds is 15. The number of benzene rings is 3. The first-order chi connectivity index (χ1) is 29.6. The fraction of sp³-hybridized carbons (Fsp3) is 0.548. The van der Waals surface area contributed by atoms with E-state index in [0.29, 0.717) is 31.0 Å². The average Bonchev–Trinajstić information content (AvgIpc) is 3.28. The number of esters is 1. The number of carbonyl (C=O) groups is 1.